The first-order valence-electron chi connectivity index (χ1n) is 6.10. The minimum Gasteiger partial charge on any atom is -0.324 e. The molecular formula is C14H18BrN3. The second-order valence-corrected chi connectivity index (χ2v) is 5.75. The lowest BCUT2D eigenvalue weighted by molar-refractivity contribution is 0.745. The van der Waals surface area contributed by atoms with Crippen LogP contribution in [0.5, 0.6) is 0 Å². The van der Waals surface area contributed by atoms with Gasteiger partial charge in [0, 0.05) is 16.7 Å². The number of aromatic nitrogens is 2. The lowest BCUT2D eigenvalue weighted by atomic mass is 10.1. The third kappa shape index (κ3) is 2.65. The van der Waals surface area contributed by atoms with E-state index in [0.717, 1.165) is 21.4 Å². The molecule has 1 heterocycles. The Morgan fingerprint density at radius 1 is 1.22 bits per heavy atom. The standard InChI is InChI=1S/C14H18BrN3/c1-9(2)13-6-7-18(17-13)14-8-11(15)4-5-12(14)10(3)16/h4-10H,16H2,1-3H3. The van der Waals surface area contributed by atoms with Crippen LogP contribution >= 0.6 is 15.9 Å². The summed E-state index contributed by atoms with van der Waals surface area (Å²) in [6.07, 6.45) is 1.99. The van der Waals surface area contributed by atoms with Crippen LogP contribution in [0.1, 0.15) is 44.0 Å². The number of rotatable bonds is 3. The van der Waals surface area contributed by atoms with E-state index in [1.807, 2.05) is 29.9 Å². The van der Waals surface area contributed by atoms with Gasteiger partial charge in [0.25, 0.3) is 0 Å². The number of hydrogen-bond donors (Lipinski definition) is 1. The van der Waals surface area contributed by atoms with Gasteiger partial charge in [-0.2, -0.15) is 5.10 Å². The Kier molecular flexibility index (Phi) is 3.88. The van der Waals surface area contributed by atoms with Gasteiger partial charge in [0.05, 0.1) is 11.4 Å². The van der Waals surface area contributed by atoms with Gasteiger partial charge < -0.3 is 5.73 Å². The zero-order valence-corrected chi connectivity index (χ0v) is 12.5. The molecule has 1 unspecified atom stereocenters. The zero-order chi connectivity index (χ0) is 13.3. The van der Waals surface area contributed by atoms with E-state index in [-0.39, 0.29) is 6.04 Å². The smallest absolute Gasteiger partial charge is 0.0704 e. The Morgan fingerprint density at radius 2 is 1.94 bits per heavy atom. The van der Waals surface area contributed by atoms with Crippen LogP contribution in [-0.4, -0.2) is 9.78 Å². The van der Waals surface area contributed by atoms with Crippen molar-refractivity contribution in [2.45, 2.75) is 32.7 Å². The first kappa shape index (κ1) is 13.3. The summed E-state index contributed by atoms with van der Waals surface area (Å²) in [6.45, 7) is 6.26. The lowest BCUT2D eigenvalue weighted by Crippen LogP contribution is -2.10. The number of nitrogens with two attached hydrogens (primary N) is 1. The maximum absolute atomic E-state index is 6.01. The molecule has 1 atom stereocenters. The first-order valence-corrected chi connectivity index (χ1v) is 6.89. The van der Waals surface area contributed by atoms with E-state index in [9.17, 15) is 0 Å². The molecule has 0 spiro atoms. The van der Waals surface area contributed by atoms with Crippen molar-refractivity contribution in [1.82, 2.24) is 9.78 Å². The largest absolute Gasteiger partial charge is 0.324 e. The highest BCUT2D eigenvalue weighted by atomic mass is 79.9. The van der Waals surface area contributed by atoms with E-state index >= 15 is 0 Å². The molecule has 1 aromatic heterocycles. The van der Waals surface area contributed by atoms with Gasteiger partial charge in [-0.15, -0.1) is 0 Å². The molecule has 0 radical (unpaired) electrons. The maximum atomic E-state index is 6.01. The van der Waals surface area contributed by atoms with Crippen molar-refractivity contribution in [2.75, 3.05) is 0 Å². The predicted molar refractivity (Wildman–Crippen MR) is 78.0 cm³/mol. The van der Waals surface area contributed by atoms with E-state index in [2.05, 4.69) is 47.0 Å². The fourth-order valence-electron chi connectivity index (χ4n) is 1.88. The van der Waals surface area contributed by atoms with Crippen molar-refractivity contribution in [3.8, 4) is 5.69 Å². The van der Waals surface area contributed by atoms with Crippen molar-refractivity contribution >= 4 is 15.9 Å². The summed E-state index contributed by atoms with van der Waals surface area (Å²) in [5.74, 6) is 0.428. The summed E-state index contributed by atoms with van der Waals surface area (Å²) >= 11 is 3.50. The van der Waals surface area contributed by atoms with Crippen molar-refractivity contribution in [3.63, 3.8) is 0 Å². The fourth-order valence-corrected chi connectivity index (χ4v) is 2.23. The van der Waals surface area contributed by atoms with E-state index in [4.69, 9.17) is 5.73 Å². The van der Waals surface area contributed by atoms with Gasteiger partial charge in [-0.05, 0) is 36.6 Å². The molecule has 0 fully saturated rings. The monoisotopic (exact) mass is 307 g/mol. The number of hydrogen-bond acceptors (Lipinski definition) is 2. The molecule has 1 aromatic carbocycles. The maximum Gasteiger partial charge on any atom is 0.0704 e. The summed E-state index contributed by atoms with van der Waals surface area (Å²) in [6, 6.07) is 8.14. The third-order valence-corrected chi connectivity index (χ3v) is 3.42. The van der Waals surface area contributed by atoms with E-state index in [1.165, 1.54) is 0 Å². The van der Waals surface area contributed by atoms with Gasteiger partial charge >= 0.3 is 0 Å². The van der Waals surface area contributed by atoms with Gasteiger partial charge in [-0.25, -0.2) is 4.68 Å². The Morgan fingerprint density at radius 3 is 2.50 bits per heavy atom. The summed E-state index contributed by atoms with van der Waals surface area (Å²) in [7, 11) is 0. The van der Waals surface area contributed by atoms with Crippen LogP contribution in [0.3, 0.4) is 0 Å². The van der Waals surface area contributed by atoms with Crippen molar-refractivity contribution < 1.29 is 0 Å². The summed E-state index contributed by atoms with van der Waals surface area (Å²) < 4.78 is 2.93. The number of halogens is 1. The molecule has 2 rings (SSSR count). The quantitative estimate of drug-likeness (QED) is 0.938. The van der Waals surface area contributed by atoms with E-state index in [0.29, 0.717) is 5.92 Å². The summed E-state index contributed by atoms with van der Waals surface area (Å²) in [4.78, 5) is 0. The number of nitrogens with zero attached hydrogens (tertiary/aromatic N) is 2. The zero-order valence-electron chi connectivity index (χ0n) is 10.9. The van der Waals surface area contributed by atoms with Crippen LogP contribution in [-0.2, 0) is 0 Å². The Labute approximate surface area is 116 Å². The van der Waals surface area contributed by atoms with Crippen LogP contribution in [0.25, 0.3) is 5.69 Å². The number of benzene rings is 1. The summed E-state index contributed by atoms with van der Waals surface area (Å²) in [5, 5.41) is 4.60. The molecule has 0 bridgehead atoms. The van der Waals surface area contributed by atoms with Gasteiger partial charge in [-0.3, -0.25) is 0 Å². The van der Waals surface area contributed by atoms with Crippen LogP contribution in [0, 0.1) is 0 Å². The highest BCUT2D eigenvalue weighted by Gasteiger charge is 2.11. The van der Waals surface area contributed by atoms with Crippen molar-refractivity contribution in [1.29, 1.82) is 0 Å². The molecule has 0 amide bonds. The molecule has 3 nitrogen and oxygen atoms in total. The topological polar surface area (TPSA) is 43.8 Å². The van der Waals surface area contributed by atoms with Gasteiger partial charge in [0.2, 0.25) is 0 Å². The molecule has 0 aliphatic carbocycles. The van der Waals surface area contributed by atoms with Gasteiger partial charge in [-0.1, -0.05) is 35.8 Å². The molecule has 4 heteroatoms. The molecule has 0 saturated heterocycles. The van der Waals surface area contributed by atoms with E-state index < -0.39 is 0 Å². The Balaban J connectivity index is 2.51. The minimum atomic E-state index is -0.0141. The van der Waals surface area contributed by atoms with Crippen LogP contribution in [0.15, 0.2) is 34.9 Å². The lowest BCUT2D eigenvalue weighted by Gasteiger charge is -2.13. The minimum absolute atomic E-state index is 0.0141. The second-order valence-electron chi connectivity index (χ2n) is 4.83. The van der Waals surface area contributed by atoms with Crippen molar-refractivity contribution in [3.05, 3.63) is 46.2 Å². The van der Waals surface area contributed by atoms with Crippen LogP contribution in [0.2, 0.25) is 0 Å². The molecule has 0 aliphatic rings. The van der Waals surface area contributed by atoms with Gasteiger partial charge in [0.15, 0.2) is 0 Å². The second kappa shape index (κ2) is 5.24. The molecule has 18 heavy (non-hydrogen) atoms. The average molecular weight is 308 g/mol. The highest BCUT2D eigenvalue weighted by molar-refractivity contribution is 9.10. The molecular weight excluding hydrogens is 290 g/mol. The van der Waals surface area contributed by atoms with Crippen LogP contribution < -0.4 is 5.73 Å². The Bertz CT molecular complexity index is 544. The Hall–Kier alpha value is -1.13. The third-order valence-electron chi connectivity index (χ3n) is 2.93. The molecule has 2 N–H and O–H groups in total. The van der Waals surface area contributed by atoms with Crippen LogP contribution in [0.4, 0.5) is 0 Å². The fraction of sp³-hybridized carbons (Fsp3) is 0.357. The SMILES string of the molecule is CC(C)c1ccn(-c2cc(Br)ccc2C(C)N)n1. The normalized spacial score (nSPS) is 13.0. The first-order chi connectivity index (χ1) is 8.49. The van der Waals surface area contributed by atoms with E-state index in [1.54, 1.807) is 0 Å². The average Bonchev–Trinajstić information content (AvgIpc) is 2.77. The molecule has 96 valence electrons. The molecule has 0 aliphatic heterocycles. The van der Waals surface area contributed by atoms with Gasteiger partial charge in [0.1, 0.15) is 0 Å². The molecule has 0 saturated carbocycles. The van der Waals surface area contributed by atoms with Crippen molar-refractivity contribution in [2.24, 2.45) is 5.73 Å². The predicted octanol–water partition coefficient (Wildman–Crippen LogP) is 3.78. The molecule has 2 aromatic rings. The highest BCUT2D eigenvalue weighted by Crippen LogP contribution is 2.25. The summed E-state index contributed by atoms with van der Waals surface area (Å²) in [5.41, 5.74) is 9.23.